The third-order valence-electron chi connectivity index (χ3n) is 12.8. The maximum absolute atomic E-state index is 12.7. The number of aromatic nitrogens is 4. The number of ether oxygens (including phenoxy) is 1. The quantitative estimate of drug-likeness (QED) is 0.110. The van der Waals surface area contributed by atoms with Gasteiger partial charge in [-0.25, -0.2) is 23.1 Å². The second-order valence-electron chi connectivity index (χ2n) is 15.9. The molecule has 16 heteroatoms. The van der Waals surface area contributed by atoms with Crippen molar-refractivity contribution in [3.8, 4) is 11.5 Å². The number of hydrogen-bond acceptors (Lipinski definition) is 10. The molecule has 7 aliphatic rings. The Morgan fingerprint density at radius 2 is 1.65 bits per heavy atom. The highest BCUT2D eigenvalue weighted by Gasteiger charge is 2.62. The van der Waals surface area contributed by atoms with Crippen LogP contribution < -0.4 is 14.0 Å². The number of aromatic amines is 2. The summed E-state index contributed by atoms with van der Waals surface area (Å²) in [7, 11) is -4.12. The minimum absolute atomic E-state index is 0.0164. The van der Waals surface area contributed by atoms with E-state index in [0.29, 0.717) is 61.6 Å². The number of hydrogen-bond donors (Lipinski definition) is 6. The first-order chi connectivity index (χ1) is 25.1. The van der Waals surface area contributed by atoms with Gasteiger partial charge in [0, 0.05) is 60.0 Å². The van der Waals surface area contributed by atoms with Crippen LogP contribution in [0.4, 0.5) is 0 Å². The smallest absolute Gasteiger partial charge is 0.531 e. The molecule has 4 aromatic heterocycles. The summed E-state index contributed by atoms with van der Waals surface area (Å²) >= 11 is 0. The Morgan fingerprint density at radius 3 is 2.38 bits per heavy atom. The van der Waals surface area contributed by atoms with Gasteiger partial charge < -0.3 is 39.2 Å². The maximum Gasteiger partial charge on any atom is 0.552 e. The van der Waals surface area contributed by atoms with Crippen LogP contribution in [0.1, 0.15) is 67.7 Å². The zero-order valence-corrected chi connectivity index (χ0v) is 29.6. The van der Waals surface area contributed by atoms with Crippen LogP contribution in [0.3, 0.4) is 0 Å². The number of fused-ring (bicyclic) bond motifs is 6. The van der Waals surface area contributed by atoms with Crippen LogP contribution in [-0.4, -0.2) is 88.9 Å². The van der Waals surface area contributed by atoms with Crippen molar-refractivity contribution in [2.24, 2.45) is 29.6 Å². The average Bonchev–Trinajstić information content (AvgIpc) is 3.75. The summed E-state index contributed by atoms with van der Waals surface area (Å²) in [5.41, 5.74) is 4.98. The van der Waals surface area contributed by atoms with Gasteiger partial charge in [-0.3, -0.25) is 0 Å². The van der Waals surface area contributed by atoms with Crippen molar-refractivity contribution in [1.29, 1.82) is 0 Å². The van der Waals surface area contributed by atoms with E-state index < -0.39 is 29.9 Å². The molecular formula is C36H41B2N5O8S. The van der Waals surface area contributed by atoms with Crippen LogP contribution in [0, 0.1) is 29.6 Å². The van der Waals surface area contributed by atoms with Crippen molar-refractivity contribution >= 4 is 57.5 Å². The van der Waals surface area contributed by atoms with Gasteiger partial charge in [0.1, 0.15) is 22.8 Å². The molecule has 0 amide bonds. The van der Waals surface area contributed by atoms with E-state index in [2.05, 4.69) is 19.7 Å². The molecule has 52 heavy (non-hydrogen) atoms. The monoisotopic (exact) mass is 725 g/mol. The van der Waals surface area contributed by atoms with E-state index in [1.54, 1.807) is 19.3 Å². The fraction of sp³-hybridized carbons (Fsp3) is 0.500. The Labute approximate surface area is 301 Å². The van der Waals surface area contributed by atoms with E-state index in [-0.39, 0.29) is 47.3 Å². The van der Waals surface area contributed by atoms with Gasteiger partial charge >= 0.3 is 14.2 Å². The summed E-state index contributed by atoms with van der Waals surface area (Å²) < 4.78 is 45.3. The fourth-order valence-corrected chi connectivity index (χ4v) is 12.4. The predicted octanol–water partition coefficient (Wildman–Crippen LogP) is 3.35. The van der Waals surface area contributed by atoms with Gasteiger partial charge in [-0.15, -0.1) is 0 Å². The lowest BCUT2D eigenvalue weighted by atomic mass is 9.44. The highest BCUT2D eigenvalue weighted by molar-refractivity contribution is 7.89. The Bertz CT molecular complexity index is 2250. The standard InChI is InChI=1S/C36H41B2N5O8S/c1-49-7-2-8-52(47,48)43-22-11-18(12-22)25-15-38(46)51-33-30(25)24-4-6-40-35(24)42-32(33)31-19-9-20-13-36(31,44)14-21(10-19)28(20)26-16-37(45)50-27-17-41-34-23(29(26)27)3-5-39-34/h3-6,15-22,28,31,43-46H,2,7-14H2,1H3,(H,39,41)(H,40,42)/t18-,19?,20?,21?,22+,28?,31?,36?. The molecule has 5 saturated carbocycles. The third kappa shape index (κ3) is 5.12. The molecule has 4 aromatic rings. The first-order valence-electron chi connectivity index (χ1n) is 18.4. The molecule has 5 aliphatic carbocycles. The zero-order valence-electron chi connectivity index (χ0n) is 28.8. The molecule has 0 saturated heterocycles. The number of nitrogens with one attached hydrogen (secondary N) is 3. The summed E-state index contributed by atoms with van der Waals surface area (Å²) in [5.74, 6) is 5.13. The van der Waals surface area contributed by atoms with Crippen LogP contribution in [0.25, 0.3) is 33.2 Å². The number of nitrogens with zero attached hydrogens (tertiary/aromatic N) is 2. The predicted molar refractivity (Wildman–Crippen MR) is 195 cm³/mol. The molecule has 4 bridgehead atoms. The molecule has 3 atom stereocenters. The fourth-order valence-electron chi connectivity index (χ4n) is 11.1. The topological polar surface area (TPSA) is 192 Å². The SMILES string of the molecule is COCCCS(=O)(=O)N[C@H]1C[C@@H](C2=CB(O)Oc3c(C4C5CC6CC4(O)CC(C5)C6C4=CB(O)Oc5cnc6[nH]ccc6c54)nc4[nH]ccc4c32)C1. The van der Waals surface area contributed by atoms with Gasteiger partial charge in [-0.1, -0.05) is 0 Å². The number of aliphatic hydroxyl groups is 1. The minimum Gasteiger partial charge on any atom is -0.531 e. The van der Waals surface area contributed by atoms with Crippen molar-refractivity contribution in [2.45, 2.75) is 62.5 Å². The number of H-pyrrole nitrogens is 2. The van der Waals surface area contributed by atoms with Gasteiger partial charge in [-0.2, -0.15) is 0 Å². The van der Waals surface area contributed by atoms with Crippen LogP contribution in [0.2, 0.25) is 0 Å². The summed E-state index contributed by atoms with van der Waals surface area (Å²) in [6.45, 7) is 0.388. The lowest BCUT2D eigenvalue weighted by Crippen LogP contribution is -2.59. The summed E-state index contributed by atoms with van der Waals surface area (Å²) in [4.78, 5) is 16.1. The number of sulfonamides is 1. The Kier molecular flexibility index (Phi) is 7.55. The molecule has 13 nitrogen and oxygen atoms in total. The van der Waals surface area contributed by atoms with Crippen LogP contribution in [-0.2, 0) is 14.8 Å². The van der Waals surface area contributed by atoms with E-state index in [1.807, 2.05) is 30.5 Å². The molecule has 270 valence electrons. The lowest BCUT2D eigenvalue weighted by molar-refractivity contribution is -0.158. The molecule has 0 radical (unpaired) electrons. The molecule has 6 N–H and O–H groups in total. The average molecular weight is 725 g/mol. The second kappa shape index (κ2) is 11.9. The summed E-state index contributed by atoms with van der Waals surface area (Å²) in [6.07, 6.45) is 9.99. The highest BCUT2D eigenvalue weighted by Crippen LogP contribution is 2.67. The maximum atomic E-state index is 12.7. The first-order valence-corrected chi connectivity index (χ1v) is 20.1. The second-order valence-corrected chi connectivity index (χ2v) is 17.7. The zero-order chi connectivity index (χ0) is 35.5. The highest BCUT2D eigenvalue weighted by atomic mass is 32.2. The van der Waals surface area contributed by atoms with E-state index >= 15 is 0 Å². The van der Waals surface area contributed by atoms with Gasteiger partial charge in [0.25, 0.3) is 0 Å². The van der Waals surface area contributed by atoms with E-state index in [9.17, 15) is 23.6 Å². The number of allylic oxidation sites excluding steroid dienone is 2. The molecule has 2 aliphatic heterocycles. The van der Waals surface area contributed by atoms with Crippen LogP contribution in [0.15, 0.2) is 42.7 Å². The van der Waals surface area contributed by atoms with Gasteiger partial charge in [0.15, 0.2) is 0 Å². The largest absolute Gasteiger partial charge is 0.552 e. The van der Waals surface area contributed by atoms with Crippen molar-refractivity contribution in [1.82, 2.24) is 24.7 Å². The Hall–Kier alpha value is -3.66. The first kappa shape index (κ1) is 32.9. The third-order valence-corrected chi connectivity index (χ3v) is 14.3. The summed E-state index contributed by atoms with van der Waals surface area (Å²) in [5, 5.41) is 36.4. The van der Waals surface area contributed by atoms with Gasteiger partial charge in [0.2, 0.25) is 10.0 Å². The molecule has 0 spiro atoms. The Morgan fingerprint density at radius 1 is 0.962 bits per heavy atom. The van der Waals surface area contributed by atoms with E-state index in [0.717, 1.165) is 51.5 Å². The molecule has 6 heterocycles. The van der Waals surface area contributed by atoms with Crippen molar-refractivity contribution in [2.75, 3.05) is 19.5 Å². The Balaban J connectivity index is 0.961. The van der Waals surface area contributed by atoms with E-state index in [4.69, 9.17) is 19.0 Å². The van der Waals surface area contributed by atoms with Crippen LogP contribution >= 0.6 is 0 Å². The molecular weight excluding hydrogens is 684 g/mol. The molecule has 0 aromatic carbocycles. The molecule has 11 rings (SSSR count). The molecule has 5 fully saturated rings. The molecule has 3 unspecified atom stereocenters. The van der Waals surface area contributed by atoms with Gasteiger partial charge in [0.05, 0.1) is 23.2 Å². The van der Waals surface area contributed by atoms with E-state index in [1.165, 1.54) is 0 Å². The number of methoxy groups -OCH3 is 1. The van der Waals surface area contributed by atoms with Crippen molar-refractivity contribution in [3.05, 3.63) is 59.5 Å². The normalized spacial score (nSPS) is 31.9. The van der Waals surface area contributed by atoms with Crippen molar-refractivity contribution < 1.29 is 37.6 Å². The minimum atomic E-state index is -3.43. The summed E-state index contributed by atoms with van der Waals surface area (Å²) in [6, 6.07) is 3.78. The van der Waals surface area contributed by atoms with Crippen molar-refractivity contribution in [3.63, 3.8) is 0 Å². The lowest BCUT2D eigenvalue weighted by Gasteiger charge is -2.62. The van der Waals surface area contributed by atoms with Gasteiger partial charge in [-0.05, 0) is 110 Å². The number of rotatable bonds is 9. The number of pyridine rings is 2. The van der Waals surface area contributed by atoms with Crippen LogP contribution in [0.5, 0.6) is 11.5 Å².